The van der Waals surface area contributed by atoms with Gasteiger partial charge in [-0.2, -0.15) is 0 Å². The molecule has 0 spiro atoms. The van der Waals surface area contributed by atoms with Gasteiger partial charge in [0, 0.05) is 17.5 Å². The maximum absolute atomic E-state index is 12.2. The average Bonchev–Trinajstić information content (AvgIpc) is 2.98. The molecule has 6 heteroatoms. The predicted molar refractivity (Wildman–Crippen MR) is 102 cm³/mol. The molecule has 0 aromatic heterocycles. The highest BCUT2D eigenvalue weighted by Crippen LogP contribution is 2.32. The monoisotopic (exact) mass is 384 g/mol. The van der Waals surface area contributed by atoms with Crippen molar-refractivity contribution >= 4 is 35.4 Å². The fraction of sp³-hybridized carbons (Fsp3) is 0.143. The van der Waals surface area contributed by atoms with E-state index in [0.717, 1.165) is 11.1 Å². The van der Waals surface area contributed by atoms with E-state index in [2.05, 4.69) is 0 Å². The Hall–Kier alpha value is -3.05. The van der Waals surface area contributed by atoms with Crippen molar-refractivity contribution in [1.82, 2.24) is 0 Å². The maximum atomic E-state index is 12.2. The third-order valence-electron chi connectivity index (χ3n) is 3.70. The highest BCUT2D eigenvalue weighted by atomic mass is 35.5. The van der Waals surface area contributed by atoms with Crippen molar-refractivity contribution in [3.8, 4) is 11.5 Å². The molecule has 0 radical (unpaired) electrons. The quantitative estimate of drug-likeness (QED) is 0.426. The van der Waals surface area contributed by atoms with E-state index in [9.17, 15) is 9.59 Å². The lowest BCUT2D eigenvalue weighted by Gasteiger charge is -2.10. The molecule has 138 valence electrons. The van der Waals surface area contributed by atoms with Crippen LogP contribution in [-0.4, -0.2) is 18.5 Å². The normalized spacial score (nSPS) is 14.7. The largest absolute Gasteiger partial charge is 0.490 e. The molecule has 1 heterocycles. The van der Waals surface area contributed by atoms with Crippen LogP contribution in [0.4, 0.5) is 0 Å². The molecule has 1 aliphatic heterocycles. The standard InChI is InChI=1S/C21H17ClO5/c1-3-25-20-11-14(4-9-18(20)26-13(2)23)10-16-12-19(27-21(16)24)15-5-7-17(22)8-6-15/h4-12H,3H2,1-2H3. The summed E-state index contributed by atoms with van der Waals surface area (Å²) >= 11 is 5.89. The van der Waals surface area contributed by atoms with Gasteiger partial charge in [0.1, 0.15) is 5.76 Å². The minimum Gasteiger partial charge on any atom is -0.490 e. The maximum Gasteiger partial charge on any atom is 0.343 e. The molecule has 0 saturated carbocycles. The van der Waals surface area contributed by atoms with Gasteiger partial charge in [-0.25, -0.2) is 4.79 Å². The molecule has 0 amide bonds. The molecule has 27 heavy (non-hydrogen) atoms. The molecular formula is C21H17ClO5. The van der Waals surface area contributed by atoms with Crippen LogP contribution in [0.15, 0.2) is 54.1 Å². The molecule has 3 rings (SSSR count). The Morgan fingerprint density at radius 2 is 1.89 bits per heavy atom. The SMILES string of the molecule is CCOc1cc(C=C2C=C(c3ccc(Cl)cc3)OC2=O)ccc1OC(C)=O. The van der Waals surface area contributed by atoms with Crippen LogP contribution in [0.3, 0.4) is 0 Å². The zero-order chi connectivity index (χ0) is 19.4. The first kappa shape index (κ1) is 18.7. The second kappa shape index (κ2) is 8.10. The molecule has 0 N–H and O–H groups in total. The van der Waals surface area contributed by atoms with Crippen LogP contribution in [0.5, 0.6) is 11.5 Å². The topological polar surface area (TPSA) is 61.8 Å². The van der Waals surface area contributed by atoms with Crippen LogP contribution < -0.4 is 9.47 Å². The lowest BCUT2D eigenvalue weighted by atomic mass is 10.1. The number of cyclic esters (lactones) is 1. The molecular weight excluding hydrogens is 368 g/mol. The molecule has 0 atom stereocenters. The summed E-state index contributed by atoms with van der Waals surface area (Å²) in [5.41, 5.74) is 1.88. The molecule has 0 saturated heterocycles. The van der Waals surface area contributed by atoms with Gasteiger partial charge in [-0.1, -0.05) is 17.7 Å². The van der Waals surface area contributed by atoms with Crippen molar-refractivity contribution in [1.29, 1.82) is 0 Å². The summed E-state index contributed by atoms with van der Waals surface area (Å²) in [5, 5.41) is 0.607. The summed E-state index contributed by atoms with van der Waals surface area (Å²) in [7, 11) is 0. The van der Waals surface area contributed by atoms with E-state index in [1.807, 2.05) is 6.92 Å². The fourth-order valence-electron chi connectivity index (χ4n) is 2.55. The van der Waals surface area contributed by atoms with Crippen LogP contribution in [0.25, 0.3) is 11.8 Å². The van der Waals surface area contributed by atoms with Crippen molar-refractivity contribution in [2.75, 3.05) is 6.61 Å². The van der Waals surface area contributed by atoms with Crippen molar-refractivity contribution in [3.63, 3.8) is 0 Å². The van der Waals surface area contributed by atoms with Crippen LogP contribution >= 0.6 is 11.6 Å². The number of halogens is 1. The number of carbonyl (C=O) groups is 2. The molecule has 5 nitrogen and oxygen atoms in total. The van der Waals surface area contributed by atoms with Gasteiger partial charge >= 0.3 is 11.9 Å². The number of hydrogen-bond acceptors (Lipinski definition) is 5. The van der Waals surface area contributed by atoms with Gasteiger partial charge in [0.05, 0.1) is 12.2 Å². The van der Waals surface area contributed by atoms with E-state index in [1.54, 1.807) is 54.6 Å². The molecule has 1 aliphatic rings. The number of benzene rings is 2. The lowest BCUT2D eigenvalue weighted by molar-refractivity contribution is -0.132. The van der Waals surface area contributed by atoms with E-state index in [0.29, 0.717) is 34.5 Å². The smallest absolute Gasteiger partial charge is 0.343 e. The zero-order valence-corrected chi connectivity index (χ0v) is 15.6. The molecule has 2 aromatic carbocycles. The summed E-state index contributed by atoms with van der Waals surface area (Å²) in [4.78, 5) is 23.4. The Labute approximate surface area is 161 Å². The number of esters is 2. The van der Waals surface area contributed by atoms with E-state index in [1.165, 1.54) is 6.92 Å². The predicted octanol–water partition coefficient (Wildman–Crippen LogP) is 4.65. The van der Waals surface area contributed by atoms with Crippen molar-refractivity contribution in [3.05, 3.63) is 70.3 Å². The van der Waals surface area contributed by atoms with Crippen molar-refractivity contribution in [2.45, 2.75) is 13.8 Å². The molecule has 0 aliphatic carbocycles. The van der Waals surface area contributed by atoms with Crippen LogP contribution in [0.1, 0.15) is 25.0 Å². The van der Waals surface area contributed by atoms with Crippen LogP contribution in [0, 0.1) is 0 Å². The minimum absolute atomic E-state index is 0.331. The van der Waals surface area contributed by atoms with Crippen LogP contribution in [0.2, 0.25) is 5.02 Å². The molecule has 0 fully saturated rings. The summed E-state index contributed by atoms with van der Waals surface area (Å²) in [6, 6.07) is 12.1. The lowest BCUT2D eigenvalue weighted by Crippen LogP contribution is -2.04. The third-order valence-corrected chi connectivity index (χ3v) is 3.95. The Kier molecular flexibility index (Phi) is 5.62. The minimum atomic E-state index is -0.443. The number of hydrogen-bond donors (Lipinski definition) is 0. The fourth-order valence-corrected chi connectivity index (χ4v) is 2.67. The van der Waals surface area contributed by atoms with Gasteiger partial charge in [0.2, 0.25) is 0 Å². The summed E-state index contributed by atoms with van der Waals surface area (Å²) < 4.78 is 16.0. The van der Waals surface area contributed by atoms with E-state index >= 15 is 0 Å². The second-order valence-corrected chi connectivity index (χ2v) is 6.17. The van der Waals surface area contributed by atoms with Gasteiger partial charge in [-0.3, -0.25) is 4.79 Å². The summed E-state index contributed by atoms with van der Waals surface area (Å²) in [5.74, 6) is 0.344. The highest BCUT2D eigenvalue weighted by molar-refractivity contribution is 6.30. The number of ether oxygens (including phenoxy) is 3. The van der Waals surface area contributed by atoms with E-state index < -0.39 is 11.9 Å². The highest BCUT2D eigenvalue weighted by Gasteiger charge is 2.22. The Bertz CT molecular complexity index is 942. The van der Waals surface area contributed by atoms with E-state index in [4.69, 9.17) is 25.8 Å². The summed E-state index contributed by atoms with van der Waals surface area (Å²) in [6.07, 6.45) is 3.36. The third kappa shape index (κ3) is 4.57. The van der Waals surface area contributed by atoms with E-state index in [-0.39, 0.29) is 0 Å². The van der Waals surface area contributed by atoms with Gasteiger partial charge in [-0.15, -0.1) is 0 Å². The second-order valence-electron chi connectivity index (χ2n) is 5.74. The average molecular weight is 385 g/mol. The summed E-state index contributed by atoms with van der Waals surface area (Å²) in [6.45, 7) is 3.57. The molecule has 2 aromatic rings. The first-order chi connectivity index (χ1) is 13.0. The van der Waals surface area contributed by atoms with Gasteiger partial charge in [-0.05, 0) is 61.0 Å². The molecule has 0 unspecified atom stereocenters. The van der Waals surface area contributed by atoms with Crippen molar-refractivity contribution < 1.29 is 23.8 Å². The number of carbonyl (C=O) groups excluding carboxylic acids is 2. The first-order valence-corrected chi connectivity index (χ1v) is 8.71. The Morgan fingerprint density at radius 3 is 2.56 bits per heavy atom. The number of rotatable bonds is 5. The van der Waals surface area contributed by atoms with Gasteiger partial charge in [0.15, 0.2) is 11.5 Å². The first-order valence-electron chi connectivity index (χ1n) is 8.33. The molecule has 0 bridgehead atoms. The Balaban J connectivity index is 1.91. The van der Waals surface area contributed by atoms with Gasteiger partial charge in [0.25, 0.3) is 0 Å². The zero-order valence-electron chi connectivity index (χ0n) is 14.8. The van der Waals surface area contributed by atoms with Crippen LogP contribution in [-0.2, 0) is 14.3 Å². The van der Waals surface area contributed by atoms with Crippen molar-refractivity contribution in [2.24, 2.45) is 0 Å². The Morgan fingerprint density at radius 1 is 1.15 bits per heavy atom. The van der Waals surface area contributed by atoms with Gasteiger partial charge < -0.3 is 14.2 Å².